The summed E-state index contributed by atoms with van der Waals surface area (Å²) >= 11 is 0. The Labute approximate surface area is 117 Å². The van der Waals surface area contributed by atoms with Crippen molar-refractivity contribution in [3.63, 3.8) is 0 Å². The molecule has 2 rings (SSSR count). The van der Waals surface area contributed by atoms with E-state index in [0.29, 0.717) is 12.1 Å². The Balaban J connectivity index is 2.18. The van der Waals surface area contributed by atoms with Crippen molar-refractivity contribution in [1.29, 1.82) is 0 Å². The van der Waals surface area contributed by atoms with Gasteiger partial charge in [0.2, 0.25) is 0 Å². The molecule has 0 bridgehead atoms. The zero-order chi connectivity index (χ0) is 13.7. The molecule has 1 saturated heterocycles. The minimum atomic E-state index is 0.481. The van der Waals surface area contributed by atoms with Gasteiger partial charge in [-0.25, -0.2) is 4.98 Å². The molecule has 1 aromatic rings. The van der Waals surface area contributed by atoms with Crippen LogP contribution in [0, 0.1) is 0 Å². The van der Waals surface area contributed by atoms with Crippen molar-refractivity contribution in [2.24, 2.45) is 0 Å². The van der Waals surface area contributed by atoms with Gasteiger partial charge in [-0.1, -0.05) is 19.9 Å². The fraction of sp³-hybridized carbons (Fsp3) is 0.688. The highest BCUT2D eigenvalue weighted by Crippen LogP contribution is 2.35. The van der Waals surface area contributed by atoms with Crippen LogP contribution in [0.1, 0.15) is 58.1 Å². The Morgan fingerprint density at radius 2 is 2.32 bits per heavy atom. The molecule has 3 heteroatoms. The Morgan fingerprint density at radius 1 is 1.47 bits per heavy atom. The van der Waals surface area contributed by atoms with Gasteiger partial charge in [0.1, 0.15) is 5.82 Å². The first-order chi connectivity index (χ1) is 9.26. The van der Waals surface area contributed by atoms with Crippen molar-refractivity contribution in [3.8, 4) is 0 Å². The zero-order valence-corrected chi connectivity index (χ0v) is 12.5. The summed E-state index contributed by atoms with van der Waals surface area (Å²) in [5.41, 5.74) is 1.38. The second-order valence-corrected chi connectivity index (χ2v) is 5.59. The van der Waals surface area contributed by atoms with Gasteiger partial charge in [0.15, 0.2) is 0 Å². The van der Waals surface area contributed by atoms with E-state index in [4.69, 9.17) is 0 Å². The van der Waals surface area contributed by atoms with Gasteiger partial charge < -0.3 is 5.32 Å². The largest absolute Gasteiger partial charge is 0.367 e. The third kappa shape index (κ3) is 3.47. The van der Waals surface area contributed by atoms with Crippen LogP contribution in [0.15, 0.2) is 18.3 Å². The number of rotatable bonds is 6. The SMILES string of the molecule is CCCN1CCC[C@@H]1c1cccnc1N[C@H](C)CC. The van der Waals surface area contributed by atoms with Crippen LogP contribution in [0.2, 0.25) is 0 Å². The molecule has 1 aromatic heterocycles. The lowest BCUT2D eigenvalue weighted by atomic mass is 10.0. The predicted molar refractivity (Wildman–Crippen MR) is 81.5 cm³/mol. The minimum absolute atomic E-state index is 0.481. The van der Waals surface area contributed by atoms with Crippen molar-refractivity contribution >= 4 is 5.82 Å². The Kier molecular flexibility index (Phi) is 5.20. The first-order valence-electron chi connectivity index (χ1n) is 7.71. The average Bonchev–Trinajstić information content (AvgIpc) is 2.88. The quantitative estimate of drug-likeness (QED) is 0.843. The summed E-state index contributed by atoms with van der Waals surface area (Å²) in [4.78, 5) is 7.18. The van der Waals surface area contributed by atoms with E-state index in [9.17, 15) is 0 Å². The molecule has 3 nitrogen and oxygen atoms in total. The zero-order valence-electron chi connectivity index (χ0n) is 12.5. The molecule has 106 valence electrons. The number of nitrogens with zero attached hydrogens (tertiary/aromatic N) is 2. The Hall–Kier alpha value is -1.09. The molecule has 1 N–H and O–H groups in total. The van der Waals surface area contributed by atoms with E-state index < -0.39 is 0 Å². The molecule has 0 aromatic carbocycles. The number of hydrogen-bond donors (Lipinski definition) is 1. The fourth-order valence-corrected chi connectivity index (χ4v) is 2.88. The van der Waals surface area contributed by atoms with E-state index in [-0.39, 0.29) is 0 Å². The highest BCUT2D eigenvalue weighted by atomic mass is 15.2. The summed E-state index contributed by atoms with van der Waals surface area (Å²) in [6.07, 6.45) is 6.82. The first kappa shape index (κ1) is 14.3. The van der Waals surface area contributed by atoms with Gasteiger partial charge in [-0.3, -0.25) is 4.90 Å². The number of aromatic nitrogens is 1. The lowest BCUT2D eigenvalue weighted by molar-refractivity contribution is 0.258. The van der Waals surface area contributed by atoms with Crippen molar-refractivity contribution in [2.75, 3.05) is 18.4 Å². The second-order valence-electron chi connectivity index (χ2n) is 5.59. The molecule has 0 saturated carbocycles. The van der Waals surface area contributed by atoms with Crippen LogP contribution in [-0.2, 0) is 0 Å². The van der Waals surface area contributed by atoms with Gasteiger partial charge in [0, 0.05) is 23.8 Å². The lowest BCUT2D eigenvalue weighted by Gasteiger charge is -2.26. The summed E-state index contributed by atoms with van der Waals surface area (Å²) in [5, 5.41) is 3.56. The molecule has 0 amide bonds. The monoisotopic (exact) mass is 261 g/mol. The minimum Gasteiger partial charge on any atom is -0.367 e. The molecule has 0 aliphatic carbocycles. The number of pyridine rings is 1. The molecule has 1 aliphatic heterocycles. The topological polar surface area (TPSA) is 28.2 Å². The van der Waals surface area contributed by atoms with E-state index in [0.717, 1.165) is 12.2 Å². The highest BCUT2D eigenvalue weighted by molar-refractivity contribution is 5.46. The van der Waals surface area contributed by atoms with Crippen molar-refractivity contribution in [2.45, 2.75) is 58.5 Å². The fourth-order valence-electron chi connectivity index (χ4n) is 2.88. The summed E-state index contributed by atoms with van der Waals surface area (Å²) < 4.78 is 0. The van der Waals surface area contributed by atoms with E-state index in [2.05, 4.69) is 48.1 Å². The second kappa shape index (κ2) is 6.90. The maximum absolute atomic E-state index is 4.57. The Morgan fingerprint density at radius 3 is 3.05 bits per heavy atom. The average molecular weight is 261 g/mol. The van der Waals surface area contributed by atoms with E-state index >= 15 is 0 Å². The summed E-state index contributed by atoms with van der Waals surface area (Å²) in [6.45, 7) is 9.12. The van der Waals surface area contributed by atoms with Gasteiger partial charge in [0.25, 0.3) is 0 Å². The third-order valence-electron chi connectivity index (χ3n) is 4.07. The van der Waals surface area contributed by atoms with Gasteiger partial charge in [-0.2, -0.15) is 0 Å². The smallest absolute Gasteiger partial charge is 0.130 e. The summed E-state index contributed by atoms with van der Waals surface area (Å²) in [6, 6.07) is 5.35. The van der Waals surface area contributed by atoms with Crippen LogP contribution in [-0.4, -0.2) is 29.0 Å². The van der Waals surface area contributed by atoms with Gasteiger partial charge >= 0.3 is 0 Å². The predicted octanol–water partition coefficient (Wildman–Crippen LogP) is 3.84. The number of nitrogens with one attached hydrogen (secondary N) is 1. The lowest BCUT2D eigenvalue weighted by Crippen LogP contribution is -2.26. The molecule has 2 atom stereocenters. The van der Waals surface area contributed by atoms with Crippen LogP contribution in [0.3, 0.4) is 0 Å². The molecule has 19 heavy (non-hydrogen) atoms. The van der Waals surface area contributed by atoms with Gasteiger partial charge in [0.05, 0.1) is 0 Å². The molecule has 1 aliphatic rings. The van der Waals surface area contributed by atoms with Crippen LogP contribution in [0.5, 0.6) is 0 Å². The van der Waals surface area contributed by atoms with Crippen molar-refractivity contribution in [3.05, 3.63) is 23.9 Å². The highest BCUT2D eigenvalue weighted by Gasteiger charge is 2.27. The molecule has 1 fully saturated rings. The van der Waals surface area contributed by atoms with Crippen molar-refractivity contribution < 1.29 is 0 Å². The normalized spacial score (nSPS) is 21.5. The molecular weight excluding hydrogens is 234 g/mol. The van der Waals surface area contributed by atoms with E-state index in [1.165, 1.54) is 37.9 Å². The molecular formula is C16H27N3. The molecule has 0 radical (unpaired) electrons. The molecule has 2 heterocycles. The van der Waals surface area contributed by atoms with Crippen LogP contribution in [0.4, 0.5) is 5.82 Å². The van der Waals surface area contributed by atoms with Crippen LogP contribution >= 0.6 is 0 Å². The summed E-state index contributed by atoms with van der Waals surface area (Å²) in [7, 11) is 0. The number of hydrogen-bond acceptors (Lipinski definition) is 3. The van der Waals surface area contributed by atoms with E-state index in [1.54, 1.807) is 0 Å². The molecule has 0 unspecified atom stereocenters. The Bertz CT molecular complexity index is 391. The van der Waals surface area contributed by atoms with Crippen LogP contribution < -0.4 is 5.32 Å². The maximum atomic E-state index is 4.57. The number of likely N-dealkylation sites (tertiary alicyclic amines) is 1. The first-order valence-corrected chi connectivity index (χ1v) is 7.71. The summed E-state index contributed by atoms with van der Waals surface area (Å²) in [5.74, 6) is 1.09. The van der Waals surface area contributed by atoms with Crippen LogP contribution in [0.25, 0.3) is 0 Å². The molecule has 0 spiro atoms. The van der Waals surface area contributed by atoms with E-state index in [1.807, 2.05) is 6.20 Å². The third-order valence-corrected chi connectivity index (χ3v) is 4.07. The maximum Gasteiger partial charge on any atom is 0.130 e. The number of anilines is 1. The van der Waals surface area contributed by atoms with Gasteiger partial charge in [-0.05, 0) is 51.8 Å². The van der Waals surface area contributed by atoms with Gasteiger partial charge in [-0.15, -0.1) is 0 Å². The van der Waals surface area contributed by atoms with Crippen molar-refractivity contribution in [1.82, 2.24) is 9.88 Å². The standard InChI is InChI=1S/C16H27N3/c1-4-11-19-12-7-9-15(19)14-8-6-10-17-16(14)18-13(3)5-2/h6,8,10,13,15H,4-5,7,9,11-12H2,1-3H3,(H,17,18)/t13-,15-/m1/s1.